The average Bonchev–Trinajstić information content (AvgIpc) is 2.64. The first kappa shape index (κ1) is 8.89. The molecule has 0 bridgehead atoms. The second-order valence-electron chi connectivity index (χ2n) is 2.46. The van der Waals surface area contributed by atoms with Crippen LogP contribution in [0.1, 0.15) is 0 Å². The van der Waals surface area contributed by atoms with Crippen molar-refractivity contribution in [2.24, 2.45) is 0 Å². The van der Waals surface area contributed by atoms with Gasteiger partial charge in [-0.2, -0.15) is 0 Å². The van der Waals surface area contributed by atoms with Gasteiger partial charge in [-0.15, -0.1) is 5.10 Å². The Hall–Kier alpha value is -1.69. The molecule has 0 saturated carbocycles. The zero-order valence-electron chi connectivity index (χ0n) is 6.98. The first-order valence-electron chi connectivity index (χ1n) is 3.75. The first-order chi connectivity index (χ1) is 6.77. The molecule has 0 aliphatic heterocycles. The third-order valence-corrected chi connectivity index (χ3v) is 2.09. The maximum absolute atomic E-state index is 13.2. The Bertz CT molecular complexity index is 412. The van der Waals surface area contributed by atoms with Gasteiger partial charge in [0.2, 0.25) is 0 Å². The van der Waals surface area contributed by atoms with E-state index >= 15 is 0 Å². The zero-order chi connectivity index (χ0) is 9.97. The van der Waals surface area contributed by atoms with Crippen LogP contribution < -0.4 is 10.5 Å². The van der Waals surface area contributed by atoms with Crippen molar-refractivity contribution < 1.29 is 9.13 Å². The molecule has 2 rings (SSSR count). The van der Waals surface area contributed by atoms with Crippen molar-refractivity contribution in [1.29, 1.82) is 0 Å². The van der Waals surface area contributed by atoms with E-state index in [1.54, 1.807) is 6.07 Å². The average molecular weight is 211 g/mol. The van der Waals surface area contributed by atoms with Gasteiger partial charge in [0, 0.05) is 0 Å². The number of halogens is 1. The molecule has 0 amide bonds. The van der Waals surface area contributed by atoms with Crippen LogP contribution in [0.4, 0.5) is 10.1 Å². The summed E-state index contributed by atoms with van der Waals surface area (Å²) in [6, 6.07) is 4.34. The molecule has 0 radical (unpaired) electrons. The predicted octanol–water partition coefficient (Wildman–Crippen LogP) is 2.05. The summed E-state index contributed by atoms with van der Waals surface area (Å²) in [4.78, 5) is 0. The number of anilines is 1. The van der Waals surface area contributed by atoms with Crippen molar-refractivity contribution in [3.8, 4) is 10.9 Å². The monoisotopic (exact) mass is 211 g/mol. The molecule has 1 heterocycles. The number of nitrogens with two attached hydrogens (primary N) is 1. The van der Waals surface area contributed by atoms with Crippen molar-refractivity contribution in [2.75, 3.05) is 5.73 Å². The van der Waals surface area contributed by atoms with Crippen molar-refractivity contribution >= 4 is 17.0 Å². The molecule has 1 aromatic heterocycles. The van der Waals surface area contributed by atoms with Gasteiger partial charge < -0.3 is 10.5 Å². The molecular formula is C8H6FN3OS. The van der Waals surface area contributed by atoms with Gasteiger partial charge in [0.15, 0.2) is 11.6 Å². The molecular weight excluding hydrogens is 205 g/mol. The fourth-order valence-electron chi connectivity index (χ4n) is 0.928. The van der Waals surface area contributed by atoms with E-state index in [0.717, 1.165) is 0 Å². The number of ether oxygens (including phenoxy) is 1. The molecule has 4 nitrogen and oxygen atoms in total. The second kappa shape index (κ2) is 3.59. The lowest BCUT2D eigenvalue weighted by Gasteiger charge is -2.04. The van der Waals surface area contributed by atoms with E-state index in [1.165, 1.54) is 29.0 Å². The van der Waals surface area contributed by atoms with E-state index < -0.39 is 5.82 Å². The Morgan fingerprint density at radius 3 is 2.93 bits per heavy atom. The number of hydrogen-bond acceptors (Lipinski definition) is 5. The van der Waals surface area contributed by atoms with Crippen molar-refractivity contribution in [2.45, 2.75) is 0 Å². The highest BCUT2D eigenvalue weighted by Gasteiger charge is 2.09. The summed E-state index contributed by atoms with van der Waals surface area (Å²) in [5, 5.41) is 7.44. The molecule has 1 aromatic carbocycles. The molecule has 0 aliphatic carbocycles. The molecule has 6 heteroatoms. The molecule has 2 N–H and O–H groups in total. The lowest BCUT2D eigenvalue weighted by molar-refractivity contribution is 0.438. The van der Waals surface area contributed by atoms with Crippen LogP contribution in [0.15, 0.2) is 23.7 Å². The number of benzene rings is 1. The molecule has 72 valence electrons. The van der Waals surface area contributed by atoms with Gasteiger partial charge in [-0.1, -0.05) is 22.5 Å². The van der Waals surface area contributed by atoms with Crippen LogP contribution in [0.3, 0.4) is 0 Å². The van der Waals surface area contributed by atoms with E-state index in [9.17, 15) is 4.39 Å². The Balaban J connectivity index is 2.33. The predicted molar refractivity (Wildman–Crippen MR) is 50.8 cm³/mol. The fourth-order valence-corrected chi connectivity index (χ4v) is 1.34. The number of rotatable bonds is 2. The molecule has 0 saturated heterocycles. The van der Waals surface area contributed by atoms with E-state index in [1.807, 2.05) is 0 Å². The maximum Gasteiger partial charge on any atom is 0.299 e. The topological polar surface area (TPSA) is 61.0 Å². The van der Waals surface area contributed by atoms with Crippen LogP contribution in [0.2, 0.25) is 0 Å². The standard InChI is InChI=1S/C8H6FN3OS/c9-5-2-1-3-6(10)7(5)13-8-12-11-4-14-8/h1-4H,10H2. The van der Waals surface area contributed by atoms with Crippen LogP contribution in [0.25, 0.3) is 0 Å². The number of aromatic nitrogens is 2. The Labute approximate surface area is 83.2 Å². The van der Waals surface area contributed by atoms with Crippen LogP contribution in [0.5, 0.6) is 10.9 Å². The van der Waals surface area contributed by atoms with Crippen LogP contribution in [-0.2, 0) is 0 Å². The molecule has 2 aromatic rings. The van der Waals surface area contributed by atoms with Crippen LogP contribution >= 0.6 is 11.3 Å². The minimum atomic E-state index is -0.514. The third kappa shape index (κ3) is 1.64. The summed E-state index contributed by atoms with van der Waals surface area (Å²) in [7, 11) is 0. The molecule has 14 heavy (non-hydrogen) atoms. The SMILES string of the molecule is Nc1cccc(F)c1Oc1nncs1. The summed E-state index contributed by atoms with van der Waals surface area (Å²) >= 11 is 1.17. The lowest BCUT2D eigenvalue weighted by atomic mass is 10.3. The summed E-state index contributed by atoms with van der Waals surface area (Å²) in [6.45, 7) is 0. The van der Waals surface area contributed by atoms with Gasteiger partial charge in [-0.25, -0.2) is 4.39 Å². The maximum atomic E-state index is 13.2. The third-order valence-electron chi connectivity index (χ3n) is 1.53. The molecule has 0 fully saturated rings. The fraction of sp³-hybridized carbons (Fsp3) is 0. The van der Waals surface area contributed by atoms with Gasteiger partial charge in [0.25, 0.3) is 5.19 Å². The number of para-hydroxylation sites is 1. The van der Waals surface area contributed by atoms with Gasteiger partial charge in [-0.3, -0.25) is 0 Å². The highest BCUT2D eigenvalue weighted by atomic mass is 32.1. The van der Waals surface area contributed by atoms with Gasteiger partial charge in [0.1, 0.15) is 5.51 Å². The summed E-state index contributed by atoms with van der Waals surface area (Å²) in [5.41, 5.74) is 7.26. The van der Waals surface area contributed by atoms with E-state index in [4.69, 9.17) is 10.5 Å². The van der Waals surface area contributed by atoms with Crippen molar-refractivity contribution in [3.63, 3.8) is 0 Å². The van der Waals surface area contributed by atoms with E-state index in [0.29, 0.717) is 0 Å². The minimum Gasteiger partial charge on any atom is -0.424 e. The van der Waals surface area contributed by atoms with Gasteiger partial charge in [-0.05, 0) is 12.1 Å². The van der Waals surface area contributed by atoms with E-state index in [2.05, 4.69) is 10.2 Å². The Morgan fingerprint density at radius 1 is 1.43 bits per heavy atom. The summed E-state index contributed by atoms with van der Waals surface area (Å²) < 4.78 is 18.3. The Kier molecular flexibility index (Phi) is 2.28. The highest BCUT2D eigenvalue weighted by molar-refractivity contribution is 7.11. The second-order valence-corrected chi connectivity index (χ2v) is 3.26. The largest absolute Gasteiger partial charge is 0.424 e. The lowest BCUT2D eigenvalue weighted by Crippen LogP contribution is -1.94. The quantitative estimate of drug-likeness (QED) is 0.772. The smallest absolute Gasteiger partial charge is 0.299 e. The molecule has 0 unspecified atom stereocenters. The zero-order valence-corrected chi connectivity index (χ0v) is 7.79. The first-order valence-corrected chi connectivity index (χ1v) is 4.63. The minimum absolute atomic E-state index is 0.00995. The van der Waals surface area contributed by atoms with Crippen molar-refractivity contribution in [1.82, 2.24) is 10.2 Å². The number of nitrogens with zero attached hydrogens (tertiary/aromatic N) is 2. The van der Waals surface area contributed by atoms with Gasteiger partial charge in [0.05, 0.1) is 5.69 Å². The van der Waals surface area contributed by atoms with Crippen LogP contribution in [0, 0.1) is 5.82 Å². The van der Waals surface area contributed by atoms with Crippen LogP contribution in [-0.4, -0.2) is 10.2 Å². The Morgan fingerprint density at radius 2 is 2.29 bits per heavy atom. The normalized spacial score (nSPS) is 10.1. The molecule has 0 atom stereocenters. The summed E-state index contributed by atoms with van der Waals surface area (Å²) in [5.74, 6) is -0.524. The summed E-state index contributed by atoms with van der Waals surface area (Å²) in [6.07, 6.45) is 0. The number of hydrogen-bond donors (Lipinski definition) is 1. The van der Waals surface area contributed by atoms with Crippen molar-refractivity contribution in [3.05, 3.63) is 29.5 Å². The highest BCUT2D eigenvalue weighted by Crippen LogP contribution is 2.30. The molecule has 0 spiro atoms. The molecule has 0 aliphatic rings. The number of nitrogen functional groups attached to an aromatic ring is 1. The van der Waals surface area contributed by atoms with E-state index in [-0.39, 0.29) is 16.6 Å². The van der Waals surface area contributed by atoms with Gasteiger partial charge >= 0.3 is 0 Å².